The Labute approximate surface area is 113 Å². The molecule has 0 spiro atoms. The zero-order valence-corrected chi connectivity index (χ0v) is 12.1. The summed E-state index contributed by atoms with van der Waals surface area (Å²) in [4.78, 5) is 0. The Balaban J connectivity index is 2.46. The average molecular weight is 267 g/mol. The maximum absolute atomic E-state index is 14.2. The quantitative estimate of drug-likeness (QED) is 0.627. The van der Waals surface area contributed by atoms with Crippen LogP contribution in [0.4, 0.5) is 14.5 Å². The second-order valence-electron chi connectivity index (χ2n) is 6.53. The Morgan fingerprint density at radius 3 is 2.26 bits per heavy atom. The van der Waals surface area contributed by atoms with E-state index >= 15 is 0 Å². The largest absolute Gasteiger partial charge is 0.425 e. The highest BCUT2D eigenvalue weighted by atomic mass is 19.1. The van der Waals surface area contributed by atoms with Crippen LogP contribution in [0, 0.1) is 24.0 Å². The number of nitrogens with two attached hydrogens (primary N) is 1. The third-order valence-corrected chi connectivity index (χ3v) is 4.55. The number of halogens is 2. The summed E-state index contributed by atoms with van der Waals surface area (Å²) in [5.41, 5.74) is 5.33. The van der Waals surface area contributed by atoms with E-state index in [1.54, 1.807) is 6.92 Å². The molecular formula is C14H20BF2NO. The van der Waals surface area contributed by atoms with E-state index in [0.29, 0.717) is 17.3 Å². The van der Waals surface area contributed by atoms with Gasteiger partial charge in [-0.1, -0.05) is 19.9 Å². The first kappa shape index (κ1) is 14.3. The lowest BCUT2D eigenvalue weighted by Gasteiger charge is -2.34. The molecule has 5 heteroatoms. The number of hydrogen-bond acceptors (Lipinski definition) is 2. The maximum atomic E-state index is 14.2. The van der Waals surface area contributed by atoms with Crippen LogP contribution in [0.25, 0.3) is 0 Å². The molecule has 0 aliphatic carbocycles. The molecule has 0 atom stereocenters. The molecule has 0 aromatic heterocycles. The van der Waals surface area contributed by atoms with Crippen LogP contribution in [0.5, 0.6) is 0 Å². The van der Waals surface area contributed by atoms with Crippen molar-refractivity contribution in [3.05, 3.63) is 23.3 Å². The Bertz CT molecular complexity index is 513. The van der Waals surface area contributed by atoms with Gasteiger partial charge in [-0.15, -0.1) is 0 Å². The van der Waals surface area contributed by atoms with E-state index < -0.39 is 17.3 Å². The van der Waals surface area contributed by atoms with Crippen molar-refractivity contribution < 1.29 is 13.4 Å². The average Bonchev–Trinajstić information content (AvgIpc) is 2.50. The zero-order chi connectivity index (χ0) is 14.6. The van der Waals surface area contributed by atoms with Crippen LogP contribution in [-0.2, 0) is 4.65 Å². The molecule has 1 aliphatic heterocycles. The molecule has 0 bridgehead atoms. The van der Waals surface area contributed by atoms with Crippen molar-refractivity contribution in [2.75, 3.05) is 5.73 Å². The molecule has 1 aromatic carbocycles. The molecule has 1 fully saturated rings. The fourth-order valence-electron chi connectivity index (χ4n) is 2.50. The summed E-state index contributed by atoms with van der Waals surface area (Å²) >= 11 is 0. The van der Waals surface area contributed by atoms with Crippen LogP contribution < -0.4 is 11.2 Å². The third-order valence-electron chi connectivity index (χ3n) is 4.55. The standard InChI is InChI=1S/C14H20BF2NO/c1-8-6-9(11(17)12(18)10(8)16)15-7-13(2,3)14(4,5)19-15/h6H,7,18H2,1-5H3. The van der Waals surface area contributed by atoms with Gasteiger partial charge in [-0.3, -0.25) is 0 Å². The molecule has 1 heterocycles. The van der Waals surface area contributed by atoms with Gasteiger partial charge in [0.1, 0.15) is 11.5 Å². The monoisotopic (exact) mass is 267 g/mol. The normalized spacial score (nSPS) is 20.9. The van der Waals surface area contributed by atoms with Crippen molar-refractivity contribution in [3.8, 4) is 0 Å². The molecule has 2 N–H and O–H groups in total. The van der Waals surface area contributed by atoms with E-state index in [1.807, 2.05) is 13.8 Å². The van der Waals surface area contributed by atoms with Gasteiger partial charge in [0.05, 0.1) is 5.60 Å². The van der Waals surface area contributed by atoms with E-state index in [-0.39, 0.29) is 17.9 Å². The second-order valence-corrected chi connectivity index (χ2v) is 6.53. The number of benzene rings is 1. The maximum Gasteiger partial charge on any atom is 0.330 e. The van der Waals surface area contributed by atoms with Crippen molar-refractivity contribution >= 4 is 18.1 Å². The first-order chi connectivity index (χ1) is 8.57. The molecule has 0 unspecified atom stereocenters. The van der Waals surface area contributed by atoms with E-state index in [1.165, 1.54) is 6.07 Å². The van der Waals surface area contributed by atoms with Gasteiger partial charge in [0, 0.05) is 0 Å². The summed E-state index contributed by atoms with van der Waals surface area (Å²) in [6.07, 6.45) is 0.682. The summed E-state index contributed by atoms with van der Waals surface area (Å²) in [7, 11) is 0. The third kappa shape index (κ3) is 2.14. The molecule has 1 aromatic rings. The topological polar surface area (TPSA) is 35.2 Å². The molecule has 0 amide bonds. The lowest BCUT2D eigenvalue weighted by Crippen LogP contribution is -2.37. The molecule has 2 nitrogen and oxygen atoms in total. The fraction of sp³-hybridized carbons (Fsp3) is 0.571. The molecule has 0 saturated carbocycles. The van der Waals surface area contributed by atoms with Crippen molar-refractivity contribution in [2.24, 2.45) is 5.41 Å². The van der Waals surface area contributed by atoms with Gasteiger partial charge < -0.3 is 10.4 Å². The van der Waals surface area contributed by atoms with E-state index in [2.05, 4.69) is 13.8 Å². The van der Waals surface area contributed by atoms with Gasteiger partial charge in [-0.05, 0) is 43.5 Å². The zero-order valence-electron chi connectivity index (χ0n) is 12.1. The van der Waals surface area contributed by atoms with Crippen LogP contribution in [-0.4, -0.2) is 12.5 Å². The van der Waals surface area contributed by atoms with Crippen molar-refractivity contribution in [3.63, 3.8) is 0 Å². The van der Waals surface area contributed by atoms with Gasteiger partial charge in [-0.2, -0.15) is 0 Å². The highest BCUT2D eigenvalue weighted by molar-refractivity contribution is 6.68. The number of rotatable bonds is 1. The molecular weight excluding hydrogens is 247 g/mol. The molecule has 2 rings (SSSR count). The van der Waals surface area contributed by atoms with Gasteiger partial charge in [0.15, 0.2) is 5.82 Å². The summed E-state index contributed by atoms with van der Waals surface area (Å²) in [5.74, 6) is -1.38. The van der Waals surface area contributed by atoms with Crippen molar-refractivity contribution in [2.45, 2.75) is 46.5 Å². The van der Waals surface area contributed by atoms with Gasteiger partial charge in [-0.25, -0.2) is 8.78 Å². The highest BCUT2D eigenvalue weighted by Gasteiger charge is 2.50. The van der Waals surface area contributed by atoms with Crippen LogP contribution in [0.1, 0.15) is 33.3 Å². The van der Waals surface area contributed by atoms with Crippen LogP contribution in [0.15, 0.2) is 6.07 Å². The Hall–Kier alpha value is -1.10. The van der Waals surface area contributed by atoms with E-state index in [0.717, 1.165) is 0 Å². The minimum atomic E-state index is -0.693. The summed E-state index contributed by atoms with van der Waals surface area (Å²) < 4.78 is 33.7. The van der Waals surface area contributed by atoms with Gasteiger partial charge in [0.25, 0.3) is 0 Å². The Kier molecular flexibility index (Phi) is 3.17. The number of anilines is 1. The van der Waals surface area contributed by atoms with Crippen molar-refractivity contribution in [1.29, 1.82) is 0 Å². The van der Waals surface area contributed by atoms with Crippen LogP contribution >= 0.6 is 0 Å². The molecule has 0 radical (unpaired) electrons. The van der Waals surface area contributed by atoms with Gasteiger partial charge in [0.2, 0.25) is 0 Å². The lowest BCUT2D eigenvalue weighted by atomic mass is 9.54. The summed E-state index contributed by atoms with van der Waals surface area (Å²) in [6, 6.07) is 1.50. The minimum absolute atomic E-state index is 0.0822. The Morgan fingerprint density at radius 1 is 1.21 bits per heavy atom. The molecule has 1 aliphatic rings. The summed E-state index contributed by atoms with van der Waals surface area (Å²) in [6.45, 7) is 9.36. The smallest absolute Gasteiger partial charge is 0.330 e. The molecule has 1 saturated heterocycles. The second kappa shape index (κ2) is 4.20. The minimum Gasteiger partial charge on any atom is -0.425 e. The first-order valence-corrected chi connectivity index (χ1v) is 6.48. The molecule has 19 heavy (non-hydrogen) atoms. The number of hydrogen-bond donors (Lipinski definition) is 1. The first-order valence-electron chi connectivity index (χ1n) is 6.48. The molecule has 104 valence electrons. The number of aryl methyl sites for hydroxylation is 1. The van der Waals surface area contributed by atoms with E-state index in [4.69, 9.17) is 10.4 Å². The number of nitrogen functional groups attached to an aromatic ring is 1. The Morgan fingerprint density at radius 2 is 1.79 bits per heavy atom. The van der Waals surface area contributed by atoms with E-state index in [9.17, 15) is 8.78 Å². The van der Waals surface area contributed by atoms with Crippen LogP contribution in [0.2, 0.25) is 6.32 Å². The highest BCUT2D eigenvalue weighted by Crippen LogP contribution is 2.45. The predicted molar refractivity (Wildman–Crippen MR) is 74.6 cm³/mol. The van der Waals surface area contributed by atoms with Crippen LogP contribution in [0.3, 0.4) is 0 Å². The van der Waals surface area contributed by atoms with Gasteiger partial charge >= 0.3 is 6.92 Å². The SMILES string of the molecule is Cc1cc(B2CC(C)(C)C(C)(C)O2)c(F)c(N)c1F. The predicted octanol–water partition coefficient (Wildman–Crippen LogP) is 2.89. The fourth-order valence-corrected chi connectivity index (χ4v) is 2.50. The lowest BCUT2D eigenvalue weighted by molar-refractivity contribution is 0.0375. The van der Waals surface area contributed by atoms with Crippen molar-refractivity contribution in [1.82, 2.24) is 0 Å². The summed E-state index contributed by atoms with van der Waals surface area (Å²) in [5, 5.41) is 0.